The van der Waals surface area contributed by atoms with Crippen LogP contribution < -0.4 is 0 Å². The second-order valence-electron chi connectivity index (χ2n) is 4.30. The normalized spacial score (nSPS) is 10.7. The molecule has 0 aliphatic heterocycles. The highest BCUT2D eigenvalue weighted by atomic mass is 32.2. The molecule has 0 saturated heterocycles. The Kier molecular flexibility index (Phi) is 4.06. The van der Waals surface area contributed by atoms with E-state index in [0.29, 0.717) is 0 Å². The fourth-order valence-corrected chi connectivity index (χ4v) is 3.10. The quantitative estimate of drug-likeness (QED) is 0.616. The number of nitro groups is 2. The lowest BCUT2D eigenvalue weighted by Crippen LogP contribution is -2.03. The largest absolute Gasteiger partial charge is 0.287 e. The molecule has 10 heteroatoms. The van der Waals surface area contributed by atoms with Gasteiger partial charge in [-0.25, -0.2) is 8.42 Å². The third-order valence-corrected chi connectivity index (χ3v) is 4.72. The molecule has 0 unspecified atom stereocenters. The monoisotopic (exact) mass is 333 g/mol. The van der Waals surface area contributed by atoms with Crippen LogP contribution in [0.4, 0.5) is 11.4 Å². The zero-order valence-electron chi connectivity index (χ0n) is 11.2. The van der Waals surface area contributed by atoms with Crippen LogP contribution in [0.5, 0.6) is 0 Å². The van der Waals surface area contributed by atoms with Crippen LogP contribution in [-0.2, 0) is 9.84 Å². The van der Waals surface area contributed by atoms with E-state index in [1.807, 2.05) is 0 Å². The predicted molar refractivity (Wildman–Crippen MR) is 76.4 cm³/mol. The molecule has 23 heavy (non-hydrogen) atoms. The molecule has 0 fully saturated rings. The molecule has 0 bridgehead atoms. The van der Waals surface area contributed by atoms with Crippen molar-refractivity contribution in [3.05, 3.63) is 68.3 Å². The van der Waals surface area contributed by atoms with Gasteiger partial charge in [0.15, 0.2) is 0 Å². The van der Waals surface area contributed by atoms with Crippen LogP contribution in [0.1, 0.15) is 5.56 Å². The van der Waals surface area contributed by atoms with Gasteiger partial charge in [0.25, 0.3) is 11.4 Å². The molecule has 0 aliphatic carbocycles. The van der Waals surface area contributed by atoms with E-state index in [-0.39, 0.29) is 15.5 Å². The highest BCUT2D eigenvalue weighted by molar-refractivity contribution is 7.91. The predicted octanol–water partition coefficient (Wildman–Crippen LogP) is 2.21. The number of benzene rings is 2. The summed E-state index contributed by atoms with van der Waals surface area (Å²) in [5.41, 5.74) is -1.17. The van der Waals surface area contributed by atoms with E-state index in [9.17, 15) is 28.6 Å². The molecule has 2 aromatic rings. The highest BCUT2D eigenvalue weighted by Gasteiger charge is 2.23. The number of sulfone groups is 1. The van der Waals surface area contributed by atoms with E-state index in [4.69, 9.17) is 5.26 Å². The summed E-state index contributed by atoms with van der Waals surface area (Å²) in [5.74, 6) is 0. The number of rotatable bonds is 4. The lowest BCUT2D eigenvalue weighted by molar-refractivity contribution is -0.385. The van der Waals surface area contributed by atoms with Crippen LogP contribution in [0.2, 0.25) is 0 Å². The minimum Gasteiger partial charge on any atom is -0.258 e. The first-order valence-corrected chi connectivity index (χ1v) is 7.44. The first kappa shape index (κ1) is 16.1. The highest BCUT2D eigenvalue weighted by Crippen LogP contribution is 2.27. The molecule has 2 rings (SSSR count). The van der Waals surface area contributed by atoms with E-state index in [1.54, 1.807) is 6.07 Å². The van der Waals surface area contributed by atoms with Gasteiger partial charge in [-0.1, -0.05) is 0 Å². The third-order valence-electron chi connectivity index (χ3n) is 2.95. The summed E-state index contributed by atoms with van der Waals surface area (Å²) >= 11 is 0. The zero-order valence-corrected chi connectivity index (χ0v) is 12.1. The summed E-state index contributed by atoms with van der Waals surface area (Å²) in [4.78, 5) is 19.3. The maximum Gasteiger partial charge on any atom is 0.287 e. The van der Waals surface area contributed by atoms with Gasteiger partial charge in [-0.15, -0.1) is 0 Å². The molecule has 0 aromatic heterocycles. The van der Waals surface area contributed by atoms with Crippen molar-refractivity contribution in [2.45, 2.75) is 9.79 Å². The summed E-state index contributed by atoms with van der Waals surface area (Å²) in [7, 11) is -4.05. The molecule has 0 aliphatic rings. The second kappa shape index (κ2) is 5.82. The van der Waals surface area contributed by atoms with Gasteiger partial charge in [-0.05, 0) is 24.3 Å². The fourth-order valence-electron chi connectivity index (χ4n) is 1.81. The van der Waals surface area contributed by atoms with Crippen LogP contribution >= 0.6 is 0 Å². The molecule has 116 valence electrons. The molecule has 9 nitrogen and oxygen atoms in total. The van der Waals surface area contributed by atoms with Gasteiger partial charge < -0.3 is 0 Å². The Morgan fingerprint density at radius 3 is 1.96 bits per heavy atom. The van der Waals surface area contributed by atoms with Crippen LogP contribution in [-0.4, -0.2) is 18.3 Å². The summed E-state index contributed by atoms with van der Waals surface area (Å²) in [5, 5.41) is 30.2. The maximum atomic E-state index is 12.4. The standard InChI is InChI=1S/C13H7N3O6S/c14-8-9-7-12(5-6-13(9)16(19)20)23(21,22)11-3-1-10(2-4-11)15(17)18/h1-7H. The summed E-state index contributed by atoms with van der Waals surface area (Å²) in [6, 6.07) is 8.58. The minimum atomic E-state index is -4.05. The topological polar surface area (TPSA) is 144 Å². The van der Waals surface area contributed by atoms with Crippen LogP contribution in [0, 0.1) is 31.6 Å². The Morgan fingerprint density at radius 1 is 0.913 bits per heavy atom. The number of nitrogens with zero attached hydrogens (tertiary/aromatic N) is 3. The summed E-state index contributed by atoms with van der Waals surface area (Å²) in [6.45, 7) is 0. The van der Waals surface area contributed by atoms with Gasteiger partial charge in [0, 0.05) is 18.2 Å². The van der Waals surface area contributed by atoms with Crippen molar-refractivity contribution in [3.63, 3.8) is 0 Å². The Balaban J connectivity index is 2.54. The Hall–Kier alpha value is -3.32. The molecule has 0 N–H and O–H groups in total. The number of hydrogen-bond acceptors (Lipinski definition) is 7. The molecule has 0 spiro atoms. The van der Waals surface area contributed by atoms with Crippen LogP contribution in [0.3, 0.4) is 0 Å². The van der Waals surface area contributed by atoms with Gasteiger partial charge in [0.05, 0.1) is 19.6 Å². The van der Waals surface area contributed by atoms with Crippen molar-refractivity contribution < 1.29 is 18.3 Å². The lowest BCUT2D eigenvalue weighted by atomic mass is 10.2. The molecule has 0 amide bonds. The second-order valence-corrected chi connectivity index (χ2v) is 6.25. The fraction of sp³-hybridized carbons (Fsp3) is 0. The van der Waals surface area contributed by atoms with Crippen molar-refractivity contribution in [2.75, 3.05) is 0 Å². The molecular formula is C13H7N3O6S. The third kappa shape index (κ3) is 2.99. The van der Waals surface area contributed by atoms with Gasteiger partial charge in [0.2, 0.25) is 9.84 Å². The average Bonchev–Trinajstić information content (AvgIpc) is 2.54. The molecule has 0 radical (unpaired) electrons. The van der Waals surface area contributed by atoms with Crippen molar-refractivity contribution >= 4 is 21.2 Å². The van der Waals surface area contributed by atoms with Crippen molar-refractivity contribution in [3.8, 4) is 6.07 Å². The van der Waals surface area contributed by atoms with Crippen molar-refractivity contribution in [2.24, 2.45) is 0 Å². The molecule has 0 heterocycles. The van der Waals surface area contributed by atoms with Crippen molar-refractivity contribution in [1.82, 2.24) is 0 Å². The number of hydrogen-bond donors (Lipinski definition) is 0. The first-order chi connectivity index (χ1) is 10.8. The van der Waals surface area contributed by atoms with E-state index in [1.165, 1.54) is 0 Å². The minimum absolute atomic E-state index is 0.221. The SMILES string of the molecule is N#Cc1cc(S(=O)(=O)c2ccc([N+](=O)[O-])cc2)ccc1[N+](=O)[O-]. The van der Waals surface area contributed by atoms with Crippen LogP contribution in [0.25, 0.3) is 0 Å². The van der Waals surface area contributed by atoms with Crippen molar-refractivity contribution in [1.29, 1.82) is 5.26 Å². The Bertz CT molecular complexity index is 945. The van der Waals surface area contributed by atoms with Gasteiger partial charge in [0.1, 0.15) is 11.6 Å². The summed E-state index contributed by atoms with van der Waals surface area (Å²) < 4.78 is 24.8. The molecular weight excluding hydrogens is 326 g/mol. The average molecular weight is 333 g/mol. The first-order valence-electron chi connectivity index (χ1n) is 5.95. The van der Waals surface area contributed by atoms with Gasteiger partial charge >= 0.3 is 0 Å². The van der Waals surface area contributed by atoms with Gasteiger partial charge in [-0.3, -0.25) is 20.2 Å². The zero-order chi connectivity index (χ0) is 17.2. The van der Waals surface area contributed by atoms with Crippen LogP contribution in [0.15, 0.2) is 52.3 Å². The van der Waals surface area contributed by atoms with E-state index in [0.717, 1.165) is 42.5 Å². The Labute approximate surface area is 129 Å². The Morgan fingerprint density at radius 2 is 1.48 bits per heavy atom. The van der Waals surface area contributed by atoms with Gasteiger partial charge in [-0.2, -0.15) is 5.26 Å². The summed E-state index contributed by atoms with van der Waals surface area (Å²) in [6.07, 6.45) is 0. The van der Waals surface area contributed by atoms with E-state index >= 15 is 0 Å². The van der Waals surface area contributed by atoms with E-state index in [2.05, 4.69) is 0 Å². The van der Waals surface area contributed by atoms with E-state index < -0.39 is 30.9 Å². The molecule has 0 saturated carbocycles. The number of nitro benzene ring substituents is 2. The molecule has 0 atom stereocenters. The lowest BCUT2D eigenvalue weighted by Gasteiger charge is -2.05. The number of nitriles is 1. The maximum absolute atomic E-state index is 12.4. The number of non-ortho nitro benzene ring substituents is 1. The molecule has 2 aromatic carbocycles. The smallest absolute Gasteiger partial charge is 0.258 e.